The molecule has 0 aromatic heterocycles. The first-order valence-electron chi connectivity index (χ1n) is 4.91. The zero-order valence-electron chi connectivity index (χ0n) is 8.90. The van der Waals surface area contributed by atoms with Crippen LogP contribution >= 0.6 is 25.3 Å². The Labute approximate surface area is 102 Å². The summed E-state index contributed by atoms with van der Waals surface area (Å²) in [5.74, 6) is 0.990. The Morgan fingerprint density at radius 3 is 2.40 bits per heavy atom. The Hall–Kier alpha value is -0.360. The highest BCUT2D eigenvalue weighted by atomic mass is 32.1. The van der Waals surface area contributed by atoms with Gasteiger partial charge in [0.05, 0.1) is 6.54 Å². The highest BCUT2D eigenvalue weighted by Gasteiger charge is 2.13. The number of rotatable bonds is 7. The molecule has 1 N–H and O–H groups in total. The van der Waals surface area contributed by atoms with Gasteiger partial charge in [0.25, 0.3) is 0 Å². The maximum absolute atomic E-state index is 11.4. The van der Waals surface area contributed by atoms with Gasteiger partial charge in [-0.3, -0.25) is 9.59 Å². The number of amides is 2. The van der Waals surface area contributed by atoms with Crippen molar-refractivity contribution in [3.8, 4) is 0 Å². The third kappa shape index (κ3) is 6.67. The molecule has 0 aliphatic rings. The fourth-order valence-corrected chi connectivity index (χ4v) is 1.41. The summed E-state index contributed by atoms with van der Waals surface area (Å²) in [7, 11) is 0. The molecular formula is C9H18N2O2S2. The fourth-order valence-electron chi connectivity index (χ4n) is 1.06. The van der Waals surface area contributed by atoms with E-state index in [4.69, 9.17) is 0 Å². The van der Waals surface area contributed by atoms with Gasteiger partial charge >= 0.3 is 0 Å². The molecule has 0 rings (SSSR count). The largest absolute Gasteiger partial charge is 0.354 e. The van der Waals surface area contributed by atoms with Crippen LogP contribution in [0.25, 0.3) is 0 Å². The van der Waals surface area contributed by atoms with Crippen molar-refractivity contribution in [2.24, 2.45) is 0 Å². The van der Waals surface area contributed by atoms with E-state index in [9.17, 15) is 9.59 Å². The minimum Gasteiger partial charge on any atom is -0.354 e. The first-order chi connectivity index (χ1) is 7.15. The minimum absolute atomic E-state index is 0.0231. The summed E-state index contributed by atoms with van der Waals surface area (Å²) in [6.07, 6.45) is 0.410. The van der Waals surface area contributed by atoms with E-state index in [-0.39, 0.29) is 18.4 Å². The molecule has 0 unspecified atom stereocenters. The average molecular weight is 250 g/mol. The summed E-state index contributed by atoms with van der Waals surface area (Å²) in [6.45, 7) is 2.92. The molecule has 0 heterocycles. The molecule has 0 bridgehead atoms. The van der Waals surface area contributed by atoms with Crippen LogP contribution in [0.2, 0.25) is 0 Å². The molecule has 0 radical (unpaired) electrons. The fraction of sp³-hybridized carbons (Fsp3) is 0.778. The number of hydrogen-bond donors (Lipinski definition) is 3. The van der Waals surface area contributed by atoms with Crippen LogP contribution in [0.5, 0.6) is 0 Å². The maximum atomic E-state index is 11.4. The smallest absolute Gasteiger partial charge is 0.239 e. The van der Waals surface area contributed by atoms with E-state index < -0.39 is 0 Å². The number of nitrogens with one attached hydrogen (secondary N) is 1. The Balaban J connectivity index is 4.03. The van der Waals surface area contributed by atoms with Gasteiger partial charge in [-0.1, -0.05) is 6.92 Å². The summed E-state index contributed by atoms with van der Waals surface area (Å²) < 4.78 is 0. The lowest BCUT2D eigenvalue weighted by molar-refractivity contribution is -0.135. The van der Waals surface area contributed by atoms with Crippen LogP contribution in [0.3, 0.4) is 0 Å². The van der Waals surface area contributed by atoms with Gasteiger partial charge in [0.15, 0.2) is 0 Å². The van der Waals surface area contributed by atoms with Crippen LogP contribution in [-0.2, 0) is 9.59 Å². The molecule has 0 aliphatic carbocycles. The Morgan fingerprint density at radius 2 is 1.93 bits per heavy atom. The van der Waals surface area contributed by atoms with Crippen LogP contribution < -0.4 is 5.32 Å². The Kier molecular flexibility index (Phi) is 8.70. The van der Waals surface area contributed by atoms with E-state index >= 15 is 0 Å². The number of carbonyl (C=O) groups is 2. The zero-order valence-corrected chi connectivity index (χ0v) is 10.7. The van der Waals surface area contributed by atoms with Gasteiger partial charge in [-0.2, -0.15) is 25.3 Å². The standard InChI is InChI=1S/C9H18N2O2S2/c1-2-9(13)11(4-6-15)7-8(12)10-3-5-14/h14-15H,2-7H2,1H3,(H,10,12). The third-order valence-corrected chi connectivity index (χ3v) is 2.22. The first-order valence-corrected chi connectivity index (χ1v) is 6.18. The first kappa shape index (κ1) is 14.6. The molecule has 0 aromatic rings. The highest BCUT2D eigenvalue weighted by molar-refractivity contribution is 7.80. The van der Waals surface area contributed by atoms with Crippen molar-refractivity contribution in [2.45, 2.75) is 13.3 Å². The second kappa shape index (κ2) is 8.91. The molecular weight excluding hydrogens is 232 g/mol. The zero-order chi connectivity index (χ0) is 11.7. The van der Waals surface area contributed by atoms with Crippen molar-refractivity contribution in [3.63, 3.8) is 0 Å². The van der Waals surface area contributed by atoms with E-state index in [2.05, 4.69) is 30.6 Å². The number of thiol groups is 2. The van der Waals surface area contributed by atoms with Crippen LogP contribution in [0, 0.1) is 0 Å². The van der Waals surface area contributed by atoms with Crippen LogP contribution in [0.4, 0.5) is 0 Å². The van der Waals surface area contributed by atoms with Gasteiger partial charge < -0.3 is 10.2 Å². The van der Waals surface area contributed by atoms with E-state index in [0.29, 0.717) is 31.0 Å². The molecule has 88 valence electrons. The van der Waals surface area contributed by atoms with Gasteiger partial charge in [-0.25, -0.2) is 0 Å². The lowest BCUT2D eigenvalue weighted by Gasteiger charge is -2.20. The SMILES string of the molecule is CCC(=O)N(CCS)CC(=O)NCCS. The number of nitrogens with zero attached hydrogens (tertiary/aromatic N) is 1. The normalized spacial score (nSPS) is 9.80. The number of hydrogen-bond acceptors (Lipinski definition) is 4. The van der Waals surface area contributed by atoms with Crippen molar-refractivity contribution >= 4 is 37.1 Å². The Morgan fingerprint density at radius 1 is 1.27 bits per heavy atom. The molecule has 0 spiro atoms. The summed E-state index contributed by atoms with van der Waals surface area (Å²) in [4.78, 5) is 24.3. The van der Waals surface area contributed by atoms with Gasteiger partial charge in [-0.15, -0.1) is 0 Å². The second-order valence-corrected chi connectivity index (χ2v) is 3.86. The molecule has 0 saturated heterocycles. The molecule has 2 amide bonds. The van der Waals surface area contributed by atoms with Crippen molar-refractivity contribution in [1.82, 2.24) is 10.2 Å². The predicted octanol–water partition coefficient (Wildman–Crippen LogP) is 0.201. The summed E-state index contributed by atoms with van der Waals surface area (Å²) in [5, 5.41) is 2.67. The summed E-state index contributed by atoms with van der Waals surface area (Å²) in [6, 6.07) is 0. The minimum atomic E-state index is -0.146. The van der Waals surface area contributed by atoms with Crippen LogP contribution in [-0.4, -0.2) is 47.9 Å². The average Bonchev–Trinajstić information content (AvgIpc) is 2.24. The topological polar surface area (TPSA) is 49.4 Å². The van der Waals surface area contributed by atoms with Crippen molar-refractivity contribution in [3.05, 3.63) is 0 Å². The van der Waals surface area contributed by atoms with Crippen molar-refractivity contribution < 1.29 is 9.59 Å². The van der Waals surface area contributed by atoms with E-state index in [1.807, 2.05) is 0 Å². The summed E-state index contributed by atoms with van der Waals surface area (Å²) in [5.41, 5.74) is 0. The lowest BCUT2D eigenvalue weighted by Crippen LogP contribution is -2.41. The molecule has 0 aliphatic heterocycles. The quantitative estimate of drug-likeness (QED) is 0.565. The molecule has 15 heavy (non-hydrogen) atoms. The molecule has 0 saturated carbocycles. The van der Waals surface area contributed by atoms with Crippen LogP contribution in [0.15, 0.2) is 0 Å². The van der Waals surface area contributed by atoms with Gasteiger partial charge in [0.1, 0.15) is 0 Å². The molecule has 4 nitrogen and oxygen atoms in total. The molecule has 0 fully saturated rings. The van der Waals surface area contributed by atoms with E-state index in [1.165, 1.54) is 4.90 Å². The van der Waals surface area contributed by atoms with Crippen LogP contribution in [0.1, 0.15) is 13.3 Å². The van der Waals surface area contributed by atoms with Gasteiger partial charge in [0, 0.05) is 31.0 Å². The molecule has 0 atom stereocenters. The molecule has 6 heteroatoms. The van der Waals surface area contributed by atoms with E-state index in [1.54, 1.807) is 6.92 Å². The monoisotopic (exact) mass is 250 g/mol. The summed E-state index contributed by atoms with van der Waals surface area (Å²) >= 11 is 8.03. The predicted molar refractivity (Wildman–Crippen MR) is 67.6 cm³/mol. The Bertz CT molecular complexity index is 212. The van der Waals surface area contributed by atoms with Crippen molar-refractivity contribution in [1.29, 1.82) is 0 Å². The van der Waals surface area contributed by atoms with Gasteiger partial charge in [0.2, 0.25) is 11.8 Å². The number of carbonyl (C=O) groups excluding carboxylic acids is 2. The molecule has 0 aromatic carbocycles. The third-order valence-electron chi connectivity index (χ3n) is 1.79. The second-order valence-electron chi connectivity index (χ2n) is 2.97. The van der Waals surface area contributed by atoms with Crippen molar-refractivity contribution in [2.75, 3.05) is 31.1 Å². The van der Waals surface area contributed by atoms with E-state index in [0.717, 1.165) is 0 Å². The van der Waals surface area contributed by atoms with Gasteiger partial charge in [-0.05, 0) is 0 Å². The maximum Gasteiger partial charge on any atom is 0.239 e. The highest BCUT2D eigenvalue weighted by Crippen LogP contribution is 1.94. The lowest BCUT2D eigenvalue weighted by atomic mass is 10.3.